The van der Waals surface area contributed by atoms with Crippen molar-refractivity contribution < 1.29 is 4.92 Å². The van der Waals surface area contributed by atoms with E-state index < -0.39 is 4.92 Å². The van der Waals surface area contributed by atoms with Crippen molar-refractivity contribution in [1.82, 2.24) is 4.98 Å². The number of hydrogen-bond acceptors (Lipinski definition) is 3. The molecule has 1 atom stereocenters. The highest BCUT2D eigenvalue weighted by Crippen LogP contribution is 2.30. The summed E-state index contributed by atoms with van der Waals surface area (Å²) >= 11 is 5.74. The quantitative estimate of drug-likeness (QED) is 0.420. The van der Waals surface area contributed by atoms with Crippen LogP contribution in [0.1, 0.15) is 24.6 Å². The zero-order valence-corrected chi connectivity index (χ0v) is 9.12. The van der Waals surface area contributed by atoms with Crippen molar-refractivity contribution in [2.45, 2.75) is 26.2 Å². The molecule has 0 saturated heterocycles. The van der Waals surface area contributed by atoms with Crippen molar-refractivity contribution in [2.24, 2.45) is 5.92 Å². The van der Waals surface area contributed by atoms with E-state index in [1.54, 1.807) is 6.07 Å². The Hall–Kier alpha value is -1.16. The van der Waals surface area contributed by atoms with Gasteiger partial charge in [0.25, 0.3) is 0 Å². The van der Waals surface area contributed by atoms with Crippen LogP contribution in [0.5, 0.6) is 0 Å². The van der Waals surface area contributed by atoms with Crippen molar-refractivity contribution >= 4 is 17.3 Å². The molecule has 0 radical (unpaired) electrons. The second kappa shape index (κ2) is 3.77. The van der Waals surface area contributed by atoms with Crippen molar-refractivity contribution in [1.29, 1.82) is 0 Å². The fourth-order valence-corrected chi connectivity index (χ4v) is 2.16. The van der Waals surface area contributed by atoms with E-state index in [2.05, 4.69) is 11.9 Å². The summed E-state index contributed by atoms with van der Waals surface area (Å²) in [6.45, 7) is 2.14. The number of hydrogen-bond donors (Lipinski definition) is 0. The number of pyridine rings is 1. The first-order valence-corrected chi connectivity index (χ1v) is 5.28. The van der Waals surface area contributed by atoms with E-state index in [-0.39, 0.29) is 10.8 Å². The number of aromatic nitrogens is 1. The van der Waals surface area contributed by atoms with E-state index in [1.165, 1.54) is 0 Å². The zero-order chi connectivity index (χ0) is 11.0. The zero-order valence-electron chi connectivity index (χ0n) is 8.36. The minimum Gasteiger partial charge on any atom is -0.258 e. The normalized spacial score (nSPS) is 19.7. The Balaban J connectivity index is 2.47. The second-order valence-electron chi connectivity index (χ2n) is 4.01. The number of nitrogens with zero attached hydrogens (tertiary/aromatic N) is 2. The van der Waals surface area contributed by atoms with Crippen LogP contribution in [0.2, 0.25) is 5.15 Å². The number of halogens is 1. The summed E-state index contributed by atoms with van der Waals surface area (Å²) in [5.74, 6) is 0.570. The third-order valence-electron chi connectivity index (χ3n) is 2.77. The molecule has 0 N–H and O–H groups in total. The Bertz CT molecular complexity index is 420. The van der Waals surface area contributed by atoms with Gasteiger partial charge in [-0.3, -0.25) is 10.1 Å². The van der Waals surface area contributed by atoms with Crippen LogP contribution in [0.4, 0.5) is 5.69 Å². The molecule has 4 nitrogen and oxygen atoms in total. The van der Waals surface area contributed by atoms with Gasteiger partial charge in [0.05, 0.1) is 4.92 Å². The molecule has 0 amide bonds. The Kier molecular flexibility index (Phi) is 2.61. The van der Waals surface area contributed by atoms with Gasteiger partial charge in [0, 0.05) is 11.8 Å². The van der Waals surface area contributed by atoms with Crippen LogP contribution in [0.15, 0.2) is 6.07 Å². The Labute approximate surface area is 92.4 Å². The van der Waals surface area contributed by atoms with E-state index in [9.17, 15) is 10.1 Å². The molecule has 1 aliphatic rings. The summed E-state index contributed by atoms with van der Waals surface area (Å²) in [7, 11) is 0. The lowest BCUT2D eigenvalue weighted by Crippen LogP contribution is -2.13. The van der Waals surface area contributed by atoms with E-state index >= 15 is 0 Å². The summed E-state index contributed by atoms with van der Waals surface area (Å²) in [5, 5.41) is 10.7. The summed E-state index contributed by atoms with van der Waals surface area (Å²) < 4.78 is 0. The van der Waals surface area contributed by atoms with Crippen molar-refractivity contribution in [2.75, 3.05) is 0 Å². The maximum absolute atomic E-state index is 10.7. The lowest BCUT2D eigenvalue weighted by molar-refractivity contribution is -0.385. The van der Waals surface area contributed by atoms with Crippen molar-refractivity contribution in [3.8, 4) is 0 Å². The van der Waals surface area contributed by atoms with Gasteiger partial charge in [0.15, 0.2) is 0 Å². The Morgan fingerprint density at radius 1 is 1.67 bits per heavy atom. The van der Waals surface area contributed by atoms with Gasteiger partial charge in [-0.25, -0.2) is 4.98 Å². The van der Waals surface area contributed by atoms with Crippen LogP contribution in [0.25, 0.3) is 0 Å². The smallest absolute Gasteiger partial charge is 0.258 e. The molecule has 1 aromatic heterocycles. The molecule has 2 rings (SSSR count). The molecule has 15 heavy (non-hydrogen) atoms. The number of aryl methyl sites for hydroxylation is 1. The molecule has 0 aliphatic heterocycles. The summed E-state index contributed by atoms with van der Waals surface area (Å²) in [5.41, 5.74) is 1.82. The van der Waals surface area contributed by atoms with E-state index in [0.29, 0.717) is 5.92 Å². The van der Waals surface area contributed by atoms with Gasteiger partial charge < -0.3 is 0 Å². The summed E-state index contributed by atoms with van der Waals surface area (Å²) in [6, 6.07) is 1.57. The minimum absolute atomic E-state index is 0.00769. The highest BCUT2D eigenvalue weighted by Gasteiger charge is 2.22. The maximum atomic E-state index is 10.7. The summed E-state index contributed by atoms with van der Waals surface area (Å²) in [6.07, 6.45) is 2.81. The van der Waals surface area contributed by atoms with E-state index in [4.69, 9.17) is 11.6 Å². The number of nitro groups is 1. The van der Waals surface area contributed by atoms with Crippen LogP contribution < -0.4 is 0 Å². The fourth-order valence-electron chi connectivity index (χ4n) is 1.94. The number of rotatable bonds is 1. The minimum atomic E-state index is -0.477. The Morgan fingerprint density at radius 3 is 3.07 bits per heavy atom. The first-order valence-electron chi connectivity index (χ1n) is 4.90. The molecule has 0 aromatic carbocycles. The SMILES string of the molecule is CC1CCc2nc(Cl)c([N+](=O)[O-])cc2C1. The molecule has 1 aliphatic carbocycles. The maximum Gasteiger partial charge on any atom is 0.306 e. The summed E-state index contributed by atoms with van der Waals surface area (Å²) in [4.78, 5) is 14.3. The number of fused-ring (bicyclic) bond motifs is 1. The predicted octanol–water partition coefficient (Wildman–Crippen LogP) is 2.77. The van der Waals surface area contributed by atoms with E-state index in [0.717, 1.165) is 30.5 Å². The highest BCUT2D eigenvalue weighted by molar-refractivity contribution is 6.31. The first kappa shape index (κ1) is 10.4. The van der Waals surface area contributed by atoms with Gasteiger partial charge in [-0.2, -0.15) is 0 Å². The van der Waals surface area contributed by atoms with Gasteiger partial charge in [0.1, 0.15) is 0 Å². The Morgan fingerprint density at radius 2 is 2.40 bits per heavy atom. The first-order chi connectivity index (χ1) is 7.08. The third-order valence-corrected chi connectivity index (χ3v) is 3.04. The topological polar surface area (TPSA) is 56.0 Å². The highest BCUT2D eigenvalue weighted by atomic mass is 35.5. The molecule has 5 heteroatoms. The van der Waals surface area contributed by atoms with E-state index in [1.807, 2.05) is 0 Å². The average molecular weight is 227 g/mol. The van der Waals surface area contributed by atoms with Gasteiger partial charge >= 0.3 is 5.69 Å². The van der Waals surface area contributed by atoms with Crippen LogP contribution in [0.3, 0.4) is 0 Å². The fraction of sp³-hybridized carbons (Fsp3) is 0.500. The molecular formula is C10H11ClN2O2. The van der Waals surface area contributed by atoms with Crippen LogP contribution in [-0.4, -0.2) is 9.91 Å². The van der Waals surface area contributed by atoms with Gasteiger partial charge in [0.2, 0.25) is 5.15 Å². The molecule has 0 saturated carbocycles. The van der Waals surface area contributed by atoms with Gasteiger partial charge in [-0.1, -0.05) is 18.5 Å². The predicted molar refractivity (Wildman–Crippen MR) is 57.1 cm³/mol. The molecule has 80 valence electrons. The standard InChI is InChI=1S/C10H11ClN2O2/c1-6-2-3-8-7(4-6)5-9(13(14)15)10(11)12-8/h5-6H,2-4H2,1H3. The van der Waals surface area contributed by atoms with Crippen molar-refractivity contribution in [3.05, 3.63) is 32.6 Å². The molecular weight excluding hydrogens is 216 g/mol. The van der Waals surface area contributed by atoms with Gasteiger partial charge in [-0.05, 0) is 30.7 Å². The molecule has 1 aromatic rings. The lowest BCUT2D eigenvalue weighted by atomic mass is 9.88. The van der Waals surface area contributed by atoms with Crippen LogP contribution in [0, 0.1) is 16.0 Å². The molecule has 1 unspecified atom stereocenters. The molecule has 1 heterocycles. The second-order valence-corrected chi connectivity index (χ2v) is 4.37. The molecule has 0 fully saturated rings. The third kappa shape index (κ3) is 1.95. The van der Waals surface area contributed by atoms with Crippen LogP contribution >= 0.6 is 11.6 Å². The van der Waals surface area contributed by atoms with Gasteiger partial charge in [-0.15, -0.1) is 0 Å². The van der Waals surface area contributed by atoms with Crippen molar-refractivity contribution in [3.63, 3.8) is 0 Å². The molecule has 0 spiro atoms. The lowest BCUT2D eigenvalue weighted by Gasteiger charge is -2.20. The monoisotopic (exact) mass is 226 g/mol. The van der Waals surface area contributed by atoms with Crippen LogP contribution in [-0.2, 0) is 12.8 Å². The molecule has 0 bridgehead atoms. The largest absolute Gasteiger partial charge is 0.306 e. The average Bonchev–Trinajstić information content (AvgIpc) is 2.17.